The predicted octanol–water partition coefficient (Wildman–Crippen LogP) is 3.01. The maximum atomic E-state index is 11.9. The highest BCUT2D eigenvalue weighted by molar-refractivity contribution is 7.98. The number of Topliss-reactive ketones (excluding diaryl/α,β-unsaturated/α-hetero) is 1. The third kappa shape index (κ3) is 2.96. The van der Waals surface area contributed by atoms with Crippen molar-refractivity contribution in [3.63, 3.8) is 0 Å². The van der Waals surface area contributed by atoms with Gasteiger partial charge in [-0.25, -0.2) is 0 Å². The van der Waals surface area contributed by atoms with Crippen molar-refractivity contribution in [3.8, 4) is 5.75 Å². The SMILES string of the molecule is CSc1ccccc1OCC(=O)c1ccn(C)c1. The minimum Gasteiger partial charge on any atom is -0.484 e. The number of hydrogen-bond donors (Lipinski definition) is 0. The van der Waals surface area contributed by atoms with Crippen molar-refractivity contribution in [2.75, 3.05) is 12.9 Å². The van der Waals surface area contributed by atoms with Crippen LogP contribution in [0.25, 0.3) is 0 Å². The molecular weight excluding hydrogens is 246 g/mol. The largest absolute Gasteiger partial charge is 0.484 e. The summed E-state index contributed by atoms with van der Waals surface area (Å²) in [6.07, 6.45) is 5.64. The minimum atomic E-state index is -0.00786. The smallest absolute Gasteiger partial charge is 0.201 e. The Morgan fingerprint density at radius 1 is 1.33 bits per heavy atom. The molecule has 2 rings (SSSR count). The molecule has 0 radical (unpaired) electrons. The predicted molar refractivity (Wildman–Crippen MR) is 73.5 cm³/mol. The monoisotopic (exact) mass is 261 g/mol. The molecule has 0 atom stereocenters. The van der Waals surface area contributed by atoms with Crippen LogP contribution in [0.15, 0.2) is 47.6 Å². The number of nitrogens with zero attached hydrogens (tertiary/aromatic N) is 1. The van der Waals surface area contributed by atoms with Crippen LogP contribution in [0.1, 0.15) is 10.4 Å². The third-order valence-electron chi connectivity index (χ3n) is 2.58. The van der Waals surface area contributed by atoms with Crippen molar-refractivity contribution in [1.82, 2.24) is 4.57 Å². The number of aryl methyl sites for hydroxylation is 1. The van der Waals surface area contributed by atoms with Gasteiger partial charge in [0.05, 0.1) is 0 Å². The second-order valence-electron chi connectivity index (χ2n) is 3.93. The molecular formula is C14H15NO2S. The summed E-state index contributed by atoms with van der Waals surface area (Å²) in [4.78, 5) is 12.9. The molecule has 0 aliphatic heterocycles. The molecule has 0 unspecified atom stereocenters. The Hall–Kier alpha value is -1.68. The lowest BCUT2D eigenvalue weighted by molar-refractivity contribution is 0.0919. The van der Waals surface area contributed by atoms with Gasteiger partial charge in [0.15, 0.2) is 6.61 Å². The lowest BCUT2D eigenvalue weighted by atomic mass is 10.2. The Balaban J connectivity index is 2.01. The molecule has 2 aromatic rings. The van der Waals surface area contributed by atoms with E-state index in [2.05, 4.69) is 0 Å². The van der Waals surface area contributed by atoms with Gasteiger partial charge in [-0.2, -0.15) is 0 Å². The van der Waals surface area contributed by atoms with E-state index in [1.54, 1.807) is 24.0 Å². The number of hydrogen-bond acceptors (Lipinski definition) is 3. The molecule has 1 heterocycles. The van der Waals surface area contributed by atoms with Crippen molar-refractivity contribution >= 4 is 17.5 Å². The van der Waals surface area contributed by atoms with E-state index in [0.717, 1.165) is 10.6 Å². The van der Waals surface area contributed by atoms with E-state index in [1.807, 2.05) is 48.3 Å². The van der Waals surface area contributed by atoms with Gasteiger partial charge in [0.1, 0.15) is 5.75 Å². The van der Waals surface area contributed by atoms with Crippen LogP contribution in [0.5, 0.6) is 5.75 Å². The van der Waals surface area contributed by atoms with Gasteiger partial charge in [-0.15, -0.1) is 11.8 Å². The van der Waals surface area contributed by atoms with Gasteiger partial charge in [0.25, 0.3) is 0 Å². The summed E-state index contributed by atoms with van der Waals surface area (Å²) < 4.78 is 7.42. The van der Waals surface area contributed by atoms with Crippen LogP contribution in [0.2, 0.25) is 0 Å². The van der Waals surface area contributed by atoms with E-state index in [0.29, 0.717) is 5.56 Å². The number of rotatable bonds is 5. The normalized spacial score (nSPS) is 10.3. The molecule has 0 aliphatic carbocycles. The van der Waals surface area contributed by atoms with E-state index in [4.69, 9.17) is 4.74 Å². The molecule has 1 aromatic carbocycles. The molecule has 4 heteroatoms. The zero-order chi connectivity index (χ0) is 13.0. The molecule has 0 bridgehead atoms. The number of benzene rings is 1. The Morgan fingerprint density at radius 3 is 2.78 bits per heavy atom. The van der Waals surface area contributed by atoms with Crippen LogP contribution in [-0.4, -0.2) is 23.2 Å². The molecule has 0 fully saturated rings. The first-order valence-corrected chi connectivity index (χ1v) is 6.84. The van der Waals surface area contributed by atoms with Crippen LogP contribution in [0, 0.1) is 0 Å². The first kappa shape index (κ1) is 12.8. The Labute approximate surface area is 111 Å². The highest BCUT2D eigenvalue weighted by Gasteiger charge is 2.09. The first-order chi connectivity index (χ1) is 8.70. The number of carbonyl (C=O) groups excluding carboxylic acids is 1. The van der Waals surface area contributed by atoms with Gasteiger partial charge < -0.3 is 9.30 Å². The third-order valence-corrected chi connectivity index (χ3v) is 3.36. The lowest BCUT2D eigenvalue weighted by Crippen LogP contribution is -2.11. The number of carbonyl (C=O) groups is 1. The zero-order valence-electron chi connectivity index (χ0n) is 10.4. The van der Waals surface area contributed by atoms with Gasteiger partial charge in [0.2, 0.25) is 5.78 Å². The number of thioether (sulfide) groups is 1. The van der Waals surface area contributed by atoms with Crippen LogP contribution in [0.3, 0.4) is 0 Å². The Kier molecular flexibility index (Phi) is 4.10. The summed E-state index contributed by atoms with van der Waals surface area (Å²) in [6, 6.07) is 9.52. The molecule has 0 aliphatic rings. The van der Waals surface area contributed by atoms with E-state index in [1.165, 1.54) is 0 Å². The summed E-state index contributed by atoms with van der Waals surface area (Å²) in [5.74, 6) is 0.751. The molecule has 94 valence electrons. The molecule has 0 saturated carbocycles. The van der Waals surface area contributed by atoms with Gasteiger partial charge in [-0.1, -0.05) is 12.1 Å². The summed E-state index contributed by atoms with van der Waals surface area (Å²) in [6.45, 7) is 0.0710. The van der Waals surface area contributed by atoms with Gasteiger partial charge >= 0.3 is 0 Å². The van der Waals surface area contributed by atoms with E-state index >= 15 is 0 Å². The summed E-state index contributed by atoms with van der Waals surface area (Å²) in [5, 5.41) is 0. The van der Waals surface area contributed by atoms with Gasteiger partial charge in [-0.05, 0) is 24.5 Å². The van der Waals surface area contributed by atoms with Crippen LogP contribution < -0.4 is 4.74 Å². The van der Waals surface area contributed by atoms with E-state index < -0.39 is 0 Å². The van der Waals surface area contributed by atoms with Crippen molar-refractivity contribution in [3.05, 3.63) is 48.3 Å². The quantitative estimate of drug-likeness (QED) is 0.612. The van der Waals surface area contributed by atoms with Gasteiger partial charge in [-0.3, -0.25) is 4.79 Å². The second-order valence-corrected chi connectivity index (χ2v) is 4.78. The van der Waals surface area contributed by atoms with Crippen molar-refractivity contribution in [2.45, 2.75) is 4.90 Å². The highest BCUT2D eigenvalue weighted by atomic mass is 32.2. The van der Waals surface area contributed by atoms with Gasteiger partial charge in [0, 0.05) is 29.9 Å². The fourth-order valence-electron chi connectivity index (χ4n) is 1.63. The van der Waals surface area contributed by atoms with Crippen LogP contribution in [0.4, 0.5) is 0 Å². The summed E-state index contributed by atoms with van der Waals surface area (Å²) in [5.41, 5.74) is 0.680. The Morgan fingerprint density at radius 2 is 2.11 bits per heavy atom. The maximum Gasteiger partial charge on any atom is 0.201 e. The fourth-order valence-corrected chi connectivity index (χ4v) is 2.18. The first-order valence-electron chi connectivity index (χ1n) is 5.61. The highest BCUT2D eigenvalue weighted by Crippen LogP contribution is 2.26. The minimum absolute atomic E-state index is 0.00786. The molecule has 0 N–H and O–H groups in total. The van der Waals surface area contributed by atoms with Crippen molar-refractivity contribution in [2.24, 2.45) is 7.05 Å². The number of para-hydroxylation sites is 1. The zero-order valence-corrected chi connectivity index (χ0v) is 11.2. The number of ketones is 1. The average Bonchev–Trinajstić information content (AvgIpc) is 2.83. The van der Waals surface area contributed by atoms with Crippen LogP contribution in [-0.2, 0) is 7.05 Å². The lowest BCUT2D eigenvalue weighted by Gasteiger charge is -2.08. The van der Waals surface area contributed by atoms with Crippen molar-refractivity contribution < 1.29 is 9.53 Å². The average molecular weight is 261 g/mol. The maximum absolute atomic E-state index is 11.9. The van der Waals surface area contributed by atoms with E-state index in [9.17, 15) is 4.79 Å². The Bertz CT molecular complexity index is 548. The molecule has 0 spiro atoms. The molecule has 18 heavy (non-hydrogen) atoms. The van der Waals surface area contributed by atoms with Crippen LogP contribution >= 0.6 is 11.8 Å². The molecule has 1 aromatic heterocycles. The van der Waals surface area contributed by atoms with Crippen molar-refractivity contribution in [1.29, 1.82) is 0 Å². The summed E-state index contributed by atoms with van der Waals surface area (Å²) >= 11 is 1.61. The number of ether oxygens (including phenoxy) is 1. The standard InChI is InChI=1S/C14H15NO2S/c1-15-8-7-11(9-15)12(16)10-17-13-5-3-4-6-14(13)18-2/h3-9H,10H2,1-2H3. The van der Waals surface area contributed by atoms with E-state index in [-0.39, 0.29) is 12.4 Å². The topological polar surface area (TPSA) is 31.2 Å². The fraction of sp³-hybridized carbons (Fsp3) is 0.214. The summed E-state index contributed by atoms with van der Waals surface area (Å²) in [7, 11) is 1.89. The molecule has 3 nitrogen and oxygen atoms in total. The number of aromatic nitrogens is 1. The second kappa shape index (κ2) is 5.78. The molecule has 0 amide bonds. The molecule has 0 saturated heterocycles.